The summed E-state index contributed by atoms with van der Waals surface area (Å²) >= 11 is 0. The van der Waals surface area contributed by atoms with Crippen LogP contribution in [0.1, 0.15) is 30.6 Å². The van der Waals surface area contributed by atoms with E-state index >= 15 is 0 Å². The van der Waals surface area contributed by atoms with E-state index in [0.717, 1.165) is 18.8 Å². The molecule has 1 aliphatic rings. The number of rotatable bonds is 4. The summed E-state index contributed by atoms with van der Waals surface area (Å²) in [6.07, 6.45) is 2.39. The zero-order valence-electron chi connectivity index (χ0n) is 13.7. The number of nitrogens with zero attached hydrogens (tertiary/aromatic N) is 3. The van der Waals surface area contributed by atoms with Crippen molar-refractivity contribution in [1.29, 1.82) is 0 Å². The summed E-state index contributed by atoms with van der Waals surface area (Å²) in [6.45, 7) is 6.67. The van der Waals surface area contributed by atoms with Gasteiger partial charge in [-0.3, -0.25) is 4.79 Å². The molecule has 0 aromatic carbocycles. The fourth-order valence-corrected chi connectivity index (χ4v) is 2.56. The first-order valence-corrected chi connectivity index (χ1v) is 7.95. The van der Waals surface area contributed by atoms with Crippen LogP contribution in [0.15, 0.2) is 18.3 Å². The summed E-state index contributed by atoms with van der Waals surface area (Å²) in [6, 6.07) is 3.06. The van der Waals surface area contributed by atoms with Gasteiger partial charge < -0.3 is 20.3 Å². The number of ether oxygens (including phenoxy) is 1. The molecule has 2 rings (SSSR count). The smallest absolute Gasteiger partial charge is 0.339 e. The second kappa shape index (κ2) is 7.92. The van der Waals surface area contributed by atoms with Crippen LogP contribution in [0.2, 0.25) is 0 Å². The van der Waals surface area contributed by atoms with Gasteiger partial charge in [-0.2, -0.15) is 0 Å². The molecule has 1 aromatic heterocycles. The first kappa shape index (κ1) is 17.2. The van der Waals surface area contributed by atoms with Crippen LogP contribution in [0.5, 0.6) is 0 Å². The minimum absolute atomic E-state index is 0.0162. The Morgan fingerprint density at radius 2 is 2.09 bits per heavy atom. The lowest BCUT2D eigenvalue weighted by Gasteiger charge is -2.24. The molecule has 0 radical (unpaired) electrons. The fourth-order valence-electron chi connectivity index (χ4n) is 2.56. The molecule has 2 heterocycles. The quantitative estimate of drug-likeness (QED) is 0.819. The number of hydrogen-bond donors (Lipinski definition) is 1. The van der Waals surface area contributed by atoms with E-state index in [1.165, 1.54) is 6.20 Å². The lowest BCUT2D eigenvalue weighted by Crippen LogP contribution is -2.43. The van der Waals surface area contributed by atoms with Gasteiger partial charge in [0.2, 0.25) is 5.91 Å². The highest BCUT2D eigenvalue weighted by Crippen LogP contribution is 2.15. The van der Waals surface area contributed by atoms with Crippen molar-refractivity contribution in [1.82, 2.24) is 9.88 Å². The van der Waals surface area contributed by atoms with Gasteiger partial charge in [-0.25, -0.2) is 9.78 Å². The number of aromatic nitrogens is 1. The van der Waals surface area contributed by atoms with Crippen molar-refractivity contribution >= 4 is 17.7 Å². The number of hydrogen-bond acceptors (Lipinski definition) is 6. The van der Waals surface area contributed by atoms with Gasteiger partial charge in [-0.15, -0.1) is 0 Å². The van der Waals surface area contributed by atoms with E-state index in [1.54, 1.807) is 24.8 Å². The van der Waals surface area contributed by atoms with Crippen molar-refractivity contribution in [3.63, 3.8) is 0 Å². The standard InChI is InChI=1S/C16H24N4O3/c1-3-23-16(22)13-5-6-14(18-11-13)19-7-4-8-20(10-9-19)15(21)12(2)17/h5-6,11-12H,3-4,7-10,17H2,1-2H3. The van der Waals surface area contributed by atoms with Crippen molar-refractivity contribution < 1.29 is 14.3 Å². The third-order valence-corrected chi connectivity index (χ3v) is 3.78. The van der Waals surface area contributed by atoms with E-state index in [9.17, 15) is 9.59 Å². The van der Waals surface area contributed by atoms with Gasteiger partial charge in [0.15, 0.2) is 0 Å². The van der Waals surface area contributed by atoms with Crippen LogP contribution in [0.4, 0.5) is 5.82 Å². The van der Waals surface area contributed by atoms with Gasteiger partial charge in [0.05, 0.1) is 18.2 Å². The molecule has 1 unspecified atom stereocenters. The fraction of sp³-hybridized carbons (Fsp3) is 0.562. The Morgan fingerprint density at radius 3 is 2.70 bits per heavy atom. The van der Waals surface area contributed by atoms with Gasteiger partial charge in [0.1, 0.15) is 5.82 Å². The van der Waals surface area contributed by atoms with E-state index in [-0.39, 0.29) is 11.9 Å². The Hall–Kier alpha value is -2.15. The maximum Gasteiger partial charge on any atom is 0.339 e. The Balaban J connectivity index is 2.00. The van der Waals surface area contributed by atoms with Gasteiger partial charge in [0.25, 0.3) is 0 Å². The monoisotopic (exact) mass is 320 g/mol. The van der Waals surface area contributed by atoms with Gasteiger partial charge in [0, 0.05) is 32.4 Å². The van der Waals surface area contributed by atoms with Gasteiger partial charge in [-0.1, -0.05) is 0 Å². The average molecular weight is 320 g/mol. The molecule has 23 heavy (non-hydrogen) atoms. The van der Waals surface area contributed by atoms with Crippen LogP contribution in [-0.2, 0) is 9.53 Å². The van der Waals surface area contributed by atoms with Crippen LogP contribution in [0.25, 0.3) is 0 Å². The van der Waals surface area contributed by atoms with Gasteiger partial charge in [-0.05, 0) is 32.4 Å². The Kier molecular flexibility index (Phi) is 5.92. The molecule has 1 saturated heterocycles. The first-order chi connectivity index (χ1) is 11.0. The predicted octanol–water partition coefficient (Wildman–Crippen LogP) is 0.644. The lowest BCUT2D eigenvalue weighted by molar-refractivity contribution is -0.131. The van der Waals surface area contributed by atoms with E-state index in [1.807, 2.05) is 6.07 Å². The Morgan fingerprint density at radius 1 is 1.30 bits per heavy atom. The van der Waals surface area contributed by atoms with E-state index in [0.29, 0.717) is 31.8 Å². The predicted molar refractivity (Wildman–Crippen MR) is 87.3 cm³/mol. The van der Waals surface area contributed by atoms with Crippen LogP contribution in [0.3, 0.4) is 0 Å². The van der Waals surface area contributed by atoms with Gasteiger partial charge >= 0.3 is 5.97 Å². The van der Waals surface area contributed by atoms with Crippen LogP contribution >= 0.6 is 0 Å². The second-order valence-electron chi connectivity index (χ2n) is 5.58. The molecule has 1 atom stereocenters. The molecule has 1 aromatic rings. The summed E-state index contributed by atoms with van der Waals surface area (Å²) in [4.78, 5) is 31.9. The molecule has 0 aliphatic carbocycles. The van der Waals surface area contributed by atoms with Crippen molar-refractivity contribution in [2.24, 2.45) is 5.73 Å². The summed E-state index contributed by atoms with van der Waals surface area (Å²) < 4.78 is 4.95. The van der Waals surface area contributed by atoms with Crippen LogP contribution < -0.4 is 10.6 Å². The lowest BCUT2D eigenvalue weighted by atomic mass is 10.2. The van der Waals surface area contributed by atoms with Crippen molar-refractivity contribution in [3.05, 3.63) is 23.9 Å². The SMILES string of the molecule is CCOC(=O)c1ccc(N2CCCN(C(=O)C(C)N)CC2)nc1. The number of amides is 1. The molecule has 7 nitrogen and oxygen atoms in total. The molecular formula is C16H24N4O3. The highest BCUT2D eigenvalue weighted by molar-refractivity contribution is 5.89. The third-order valence-electron chi connectivity index (χ3n) is 3.78. The largest absolute Gasteiger partial charge is 0.462 e. The normalized spacial score (nSPS) is 16.7. The number of nitrogens with two attached hydrogens (primary N) is 1. The minimum atomic E-state index is -0.469. The van der Waals surface area contributed by atoms with Crippen molar-refractivity contribution in [3.8, 4) is 0 Å². The summed E-state index contributed by atoms with van der Waals surface area (Å²) in [5.74, 6) is 0.418. The number of anilines is 1. The van der Waals surface area contributed by atoms with Crippen LogP contribution in [-0.4, -0.2) is 60.6 Å². The molecule has 0 bridgehead atoms. The zero-order valence-corrected chi connectivity index (χ0v) is 13.7. The molecule has 1 aliphatic heterocycles. The molecule has 7 heteroatoms. The number of pyridine rings is 1. The topological polar surface area (TPSA) is 88.8 Å². The summed E-state index contributed by atoms with van der Waals surface area (Å²) in [7, 11) is 0. The number of carbonyl (C=O) groups is 2. The molecule has 126 valence electrons. The molecule has 0 saturated carbocycles. The van der Waals surface area contributed by atoms with Crippen molar-refractivity contribution in [2.45, 2.75) is 26.3 Å². The molecule has 1 amide bonds. The van der Waals surface area contributed by atoms with E-state index < -0.39 is 6.04 Å². The molecule has 2 N–H and O–H groups in total. The maximum atomic E-state index is 12.0. The second-order valence-corrected chi connectivity index (χ2v) is 5.58. The highest BCUT2D eigenvalue weighted by Gasteiger charge is 2.22. The molecular weight excluding hydrogens is 296 g/mol. The molecule has 1 fully saturated rings. The third kappa shape index (κ3) is 4.41. The summed E-state index contributed by atoms with van der Waals surface area (Å²) in [5.41, 5.74) is 6.12. The minimum Gasteiger partial charge on any atom is -0.462 e. The van der Waals surface area contributed by atoms with Crippen LogP contribution in [0, 0.1) is 0 Å². The highest BCUT2D eigenvalue weighted by atomic mass is 16.5. The Bertz CT molecular complexity index is 545. The van der Waals surface area contributed by atoms with E-state index in [4.69, 9.17) is 10.5 Å². The average Bonchev–Trinajstić information content (AvgIpc) is 2.80. The van der Waals surface area contributed by atoms with Crippen molar-refractivity contribution in [2.75, 3.05) is 37.7 Å². The summed E-state index contributed by atoms with van der Waals surface area (Å²) in [5, 5.41) is 0. The zero-order chi connectivity index (χ0) is 16.8. The Labute approximate surface area is 136 Å². The number of carbonyl (C=O) groups excluding carboxylic acids is 2. The molecule has 0 spiro atoms. The van der Waals surface area contributed by atoms with E-state index in [2.05, 4.69) is 9.88 Å². The number of esters is 1. The maximum absolute atomic E-state index is 12.0. The first-order valence-electron chi connectivity index (χ1n) is 7.95.